The van der Waals surface area contributed by atoms with Crippen molar-refractivity contribution in [3.8, 4) is 0 Å². The van der Waals surface area contributed by atoms with E-state index in [1.165, 1.54) is 10.4 Å². The minimum absolute atomic E-state index is 0.105. The quantitative estimate of drug-likeness (QED) is 0.662. The van der Waals surface area contributed by atoms with E-state index in [-0.39, 0.29) is 9.92 Å². The second-order valence-corrected chi connectivity index (χ2v) is 9.10. The van der Waals surface area contributed by atoms with Crippen LogP contribution in [0, 0.1) is 0 Å². The van der Waals surface area contributed by atoms with Crippen molar-refractivity contribution >= 4 is 43.2 Å². The number of nitrogens with zero attached hydrogens (tertiary/aromatic N) is 2. The zero-order valence-electron chi connectivity index (χ0n) is 14.1. The predicted octanol–water partition coefficient (Wildman–Crippen LogP) is 3.63. The average molecular weight is 460 g/mol. The smallest absolute Gasteiger partial charge is 0.265 e. The number of hydrogen-bond acceptors (Lipinski definition) is 4. The molecule has 5 nitrogen and oxygen atoms in total. The van der Waals surface area contributed by atoms with Crippen molar-refractivity contribution in [2.45, 2.75) is 4.90 Å². The van der Waals surface area contributed by atoms with Gasteiger partial charge in [0.05, 0.1) is 23.9 Å². The van der Waals surface area contributed by atoms with Crippen LogP contribution < -0.4 is 4.31 Å². The van der Waals surface area contributed by atoms with Crippen LogP contribution in [0.15, 0.2) is 57.9 Å². The summed E-state index contributed by atoms with van der Waals surface area (Å²) in [5, 5.41) is 0.201. The molecule has 0 unspecified atom stereocenters. The predicted molar refractivity (Wildman–Crippen MR) is 107 cm³/mol. The number of halogens is 2. The van der Waals surface area contributed by atoms with Gasteiger partial charge >= 0.3 is 0 Å². The van der Waals surface area contributed by atoms with E-state index in [0.29, 0.717) is 32.0 Å². The molecule has 2 aromatic rings. The summed E-state index contributed by atoms with van der Waals surface area (Å²) in [7, 11) is -3.78. The largest absolute Gasteiger partial charge is 0.379 e. The highest BCUT2D eigenvalue weighted by atomic mass is 79.9. The third-order valence-electron chi connectivity index (χ3n) is 4.23. The molecule has 140 valence electrons. The third kappa shape index (κ3) is 4.58. The molecular formula is C18H20BrClN2O3S. The van der Waals surface area contributed by atoms with Crippen LogP contribution in [0.2, 0.25) is 5.02 Å². The Kier molecular flexibility index (Phi) is 6.58. The number of benzene rings is 2. The molecule has 1 aliphatic heterocycles. The third-order valence-corrected chi connectivity index (χ3v) is 7.03. The van der Waals surface area contributed by atoms with Crippen molar-refractivity contribution in [2.24, 2.45) is 0 Å². The fourth-order valence-electron chi connectivity index (χ4n) is 2.84. The standard InChI is InChI=1S/C18H20BrClN2O3S/c19-15-6-7-18(17(20)14-15)26(23,24)22(16-4-2-1-3-5-16)9-8-21-10-12-25-13-11-21/h1-7,14H,8-13H2. The van der Waals surface area contributed by atoms with Crippen LogP contribution >= 0.6 is 27.5 Å². The number of para-hydroxylation sites is 1. The first-order valence-corrected chi connectivity index (χ1v) is 10.9. The van der Waals surface area contributed by atoms with Crippen molar-refractivity contribution < 1.29 is 13.2 Å². The lowest BCUT2D eigenvalue weighted by molar-refractivity contribution is 0.0395. The highest BCUT2D eigenvalue weighted by molar-refractivity contribution is 9.10. The number of morpholine rings is 1. The van der Waals surface area contributed by atoms with Crippen LogP contribution in [-0.2, 0) is 14.8 Å². The molecule has 0 aromatic heterocycles. The van der Waals surface area contributed by atoms with E-state index >= 15 is 0 Å². The maximum Gasteiger partial charge on any atom is 0.265 e. The summed E-state index contributed by atoms with van der Waals surface area (Å²) in [6.07, 6.45) is 0. The van der Waals surface area contributed by atoms with E-state index in [4.69, 9.17) is 16.3 Å². The van der Waals surface area contributed by atoms with Crippen LogP contribution in [0.25, 0.3) is 0 Å². The summed E-state index contributed by atoms with van der Waals surface area (Å²) in [4.78, 5) is 2.31. The summed E-state index contributed by atoms with van der Waals surface area (Å²) < 4.78 is 34.2. The van der Waals surface area contributed by atoms with Gasteiger partial charge in [0.1, 0.15) is 4.90 Å². The lowest BCUT2D eigenvalue weighted by Crippen LogP contribution is -2.43. The van der Waals surface area contributed by atoms with Gasteiger partial charge in [0.15, 0.2) is 0 Å². The number of ether oxygens (including phenoxy) is 1. The van der Waals surface area contributed by atoms with E-state index in [1.54, 1.807) is 24.3 Å². The molecule has 2 aromatic carbocycles. The minimum Gasteiger partial charge on any atom is -0.379 e. The van der Waals surface area contributed by atoms with Gasteiger partial charge in [-0.2, -0.15) is 0 Å². The number of hydrogen-bond donors (Lipinski definition) is 0. The molecule has 3 rings (SSSR count). The number of anilines is 1. The van der Waals surface area contributed by atoms with Gasteiger partial charge in [-0.3, -0.25) is 9.21 Å². The maximum atomic E-state index is 13.3. The lowest BCUT2D eigenvalue weighted by atomic mass is 10.3. The fraction of sp³-hybridized carbons (Fsp3) is 0.333. The summed E-state index contributed by atoms with van der Waals surface area (Å²) in [5.41, 5.74) is 0.625. The van der Waals surface area contributed by atoms with Gasteiger partial charge in [0.2, 0.25) is 0 Å². The molecule has 0 aliphatic carbocycles. The molecule has 1 saturated heterocycles. The normalized spacial score (nSPS) is 15.8. The number of rotatable bonds is 6. The highest BCUT2D eigenvalue weighted by Crippen LogP contribution is 2.30. The molecule has 1 aliphatic rings. The van der Waals surface area contributed by atoms with E-state index < -0.39 is 10.0 Å². The van der Waals surface area contributed by atoms with Crippen molar-refractivity contribution in [1.82, 2.24) is 4.90 Å². The molecule has 26 heavy (non-hydrogen) atoms. The molecule has 0 bridgehead atoms. The van der Waals surface area contributed by atoms with Crippen LogP contribution in [0.3, 0.4) is 0 Å². The Hall–Kier alpha value is -1.12. The molecule has 0 spiro atoms. The van der Waals surface area contributed by atoms with Gasteiger partial charge in [0, 0.05) is 30.7 Å². The lowest BCUT2D eigenvalue weighted by Gasteiger charge is -2.31. The average Bonchev–Trinajstić information content (AvgIpc) is 2.63. The Balaban J connectivity index is 1.91. The Labute approximate surface area is 167 Å². The molecule has 0 radical (unpaired) electrons. The highest BCUT2D eigenvalue weighted by Gasteiger charge is 2.28. The summed E-state index contributed by atoms with van der Waals surface area (Å²) in [6, 6.07) is 13.9. The molecule has 0 saturated carbocycles. The molecule has 1 heterocycles. The van der Waals surface area contributed by atoms with Gasteiger partial charge in [-0.1, -0.05) is 45.7 Å². The number of sulfonamides is 1. The van der Waals surface area contributed by atoms with Crippen molar-refractivity contribution in [3.05, 3.63) is 58.0 Å². The van der Waals surface area contributed by atoms with Crippen LogP contribution in [0.4, 0.5) is 5.69 Å². The van der Waals surface area contributed by atoms with E-state index in [0.717, 1.165) is 17.6 Å². The van der Waals surface area contributed by atoms with E-state index in [1.807, 2.05) is 18.2 Å². The molecule has 8 heteroatoms. The Morgan fingerprint density at radius 2 is 1.81 bits per heavy atom. The van der Waals surface area contributed by atoms with E-state index in [2.05, 4.69) is 20.8 Å². The molecule has 0 amide bonds. The zero-order valence-corrected chi connectivity index (χ0v) is 17.3. The summed E-state index contributed by atoms with van der Waals surface area (Å²) in [5.74, 6) is 0. The molecular weight excluding hydrogens is 440 g/mol. The minimum atomic E-state index is -3.78. The van der Waals surface area contributed by atoms with Crippen LogP contribution in [-0.4, -0.2) is 52.7 Å². The van der Waals surface area contributed by atoms with Crippen molar-refractivity contribution in [3.63, 3.8) is 0 Å². The van der Waals surface area contributed by atoms with Crippen molar-refractivity contribution in [2.75, 3.05) is 43.7 Å². The second-order valence-electron chi connectivity index (χ2n) is 5.94. The van der Waals surface area contributed by atoms with Gasteiger partial charge in [-0.05, 0) is 30.3 Å². The van der Waals surface area contributed by atoms with Crippen molar-refractivity contribution in [1.29, 1.82) is 0 Å². The van der Waals surface area contributed by atoms with Gasteiger partial charge in [-0.15, -0.1) is 0 Å². The SMILES string of the molecule is O=S(=O)(c1ccc(Br)cc1Cl)N(CCN1CCOCC1)c1ccccc1. The van der Waals surface area contributed by atoms with Crippen LogP contribution in [0.1, 0.15) is 0 Å². The summed E-state index contributed by atoms with van der Waals surface area (Å²) >= 11 is 9.55. The van der Waals surface area contributed by atoms with Gasteiger partial charge < -0.3 is 4.74 Å². The molecule has 0 N–H and O–H groups in total. The topological polar surface area (TPSA) is 49.9 Å². The van der Waals surface area contributed by atoms with E-state index in [9.17, 15) is 8.42 Å². The monoisotopic (exact) mass is 458 g/mol. The summed E-state index contributed by atoms with van der Waals surface area (Å²) in [6.45, 7) is 3.95. The molecule has 0 atom stereocenters. The van der Waals surface area contributed by atoms with Crippen LogP contribution in [0.5, 0.6) is 0 Å². The molecule has 1 fully saturated rings. The zero-order chi connectivity index (χ0) is 18.6. The Morgan fingerprint density at radius 1 is 1.12 bits per heavy atom. The Bertz CT molecular complexity index is 843. The first-order valence-electron chi connectivity index (χ1n) is 8.31. The first kappa shape index (κ1) is 19.6. The first-order chi connectivity index (χ1) is 12.5. The van der Waals surface area contributed by atoms with Gasteiger partial charge in [0.25, 0.3) is 10.0 Å². The Morgan fingerprint density at radius 3 is 2.46 bits per heavy atom. The fourth-order valence-corrected chi connectivity index (χ4v) is 5.31. The van der Waals surface area contributed by atoms with Gasteiger partial charge in [-0.25, -0.2) is 8.42 Å². The maximum absolute atomic E-state index is 13.3. The second kappa shape index (κ2) is 8.71.